The first-order valence-electron chi connectivity index (χ1n) is 7.29. The third-order valence-corrected chi connectivity index (χ3v) is 4.69. The summed E-state index contributed by atoms with van der Waals surface area (Å²) in [6.07, 6.45) is 4.76. The van der Waals surface area contributed by atoms with Crippen molar-refractivity contribution in [3.8, 4) is 0 Å². The monoisotopic (exact) mass is 280 g/mol. The summed E-state index contributed by atoms with van der Waals surface area (Å²) in [5, 5.41) is 5.54. The number of nitrogens with zero attached hydrogens (tertiary/aromatic N) is 1. The lowest BCUT2D eigenvalue weighted by Gasteiger charge is -2.30. The minimum Gasteiger partial charge on any atom is -0.336 e. The lowest BCUT2D eigenvalue weighted by Crippen LogP contribution is -2.46. The molecule has 1 unspecified atom stereocenters. The van der Waals surface area contributed by atoms with Crippen LogP contribution < -0.4 is 5.32 Å². The van der Waals surface area contributed by atoms with Gasteiger partial charge in [0.25, 0.3) is 5.91 Å². The number of carbonyl (C=O) groups is 1. The van der Waals surface area contributed by atoms with E-state index in [0.29, 0.717) is 6.04 Å². The quantitative estimate of drug-likeness (QED) is 0.899. The average Bonchev–Trinajstić information content (AvgIpc) is 2.85. The van der Waals surface area contributed by atoms with Crippen LogP contribution in [0.25, 0.3) is 0 Å². The first kappa shape index (κ1) is 14.5. The zero-order valence-corrected chi connectivity index (χ0v) is 12.8. The van der Waals surface area contributed by atoms with Gasteiger partial charge in [0.2, 0.25) is 0 Å². The summed E-state index contributed by atoms with van der Waals surface area (Å²) in [6, 6.07) is 2.51. The molecule has 0 spiro atoms. The summed E-state index contributed by atoms with van der Waals surface area (Å²) in [6.45, 7) is 6.96. The molecule has 0 aliphatic carbocycles. The van der Waals surface area contributed by atoms with Gasteiger partial charge in [0, 0.05) is 19.1 Å². The van der Waals surface area contributed by atoms with Crippen molar-refractivity contribution in [2.24, 2.45) is 0 Å². The Kier molecular flexibility index (Phi) is 5.40. The Morgan fingerprint density at radius 3 is 2.95 bits per heavy atom. The molecule has 106 valence electrons. The summed E-state index contributed by atoms with van der Waals surface area (Å²) in [5.41, 5.74) is 1.10. The molecular weight excluding hydrogens is 256 g/mol. The van der Waals surface area contributed by atoms with E-state index in [4.69, 9.17) is 0 Å². The van der Waals surface area contributed by atoms with Crippen LogP contribution >= 0.6 is 11.3 Å². The van der Waals surface area contributed by atoms with Crippen LogP contribution in [0.2, 0.25) is 0 Å². The van der Waals surface area contributed by atoms with E-state index in [2.05, 4.69) is 12.2 Å². The molecule has 0 saturated carbocycles. The summed E-state index contributed by atoms with van der Waals surface area (Å²) < 4.78 is 0. The Hall–Kier alpha value is -0.870. The third-order valence-electron chi connectivity index (χ3n) is 3.69. The fraction of sp³-hybridized carbons (Fsp3) is 0.667. The van der Waals surface area contributed by atoms with Gasteiger partial charge in [-0.2, -0.15) is 0 Å². The molecule has 1 aromatic heterocycles. The van der Waals surface area contributed by atoms with Gasteiger partial charge in [-0.1, -0.05) is 13.3 Å². The van der Waals surface area contributed by atoms with Gasteiger partial charge < -0.3 is 10.2 Å². The summed E-state index contributed by atoms with van der Waals surface area (Å²) in [5.74, 6) is 0.210. The van der Waals surface area contributed by atoms with Gasteiger partial charge in [-0.05, 0) is 49.7 Å². The maximum atomic E-state index is 12.6. The van der Waals surface area contributed by atoms with Crippen molar-refractivity contribution in [3.63, 3.8) is 0 Å². The molecule has 1 fully saturated rings. The third kappa shape index (κ3) is 3.80. The van der Waals surface area contributed by atoms with Crippen molar-refractivity contribution in [2.75, 3.05) is 19.6 Å². The highest BCUT2D eigenvalue weighted by Gasteiger charge is 2.22. The lowest BCUT2D eigenvalue weighted by molar-refractivity contribution is 0.0736. The van der Waals surface area contributed by atoms with Gasteiger partial charge in [0.15, 0.2) is 0 Å². The van der Waals surface area contributed by atoms with Crippen LogP contribution in [-0.4, -0.2) is 36.5 Å². The van der Waals surface area contributed by atoms with Gasteiger partial charge in [-0.25, -0.2) is 0 Å². The number of aryl methyl sites for hydroxylation is 1. The number of thiophene rings is 1. The number of hydrogen-bond acceptors (Lipinski definition) is 3. The van der Waals surface area contributed by atoms with Crippen molar-refractivity contribution in [2.45, 2.75) is 45.6 Å². The number of piperidine rings is 1. The maximum Gasteiger partial charge on any atom is 0.264 e. The molecule has 1 aromatic rings. The van der Waals surface area contributed by atoms with Crippen molar-refractivity contribution >= 4 is 17.2 Å². The fourth-order valence-corrected chi connectivity index (χ4v) is 3.52. The Bertz CT molecular complexity index is 410. The van der Waals surface area contributed by atoms with E-state index < -0.39 is 0 Å². The normalized spacial score (nSPS) is 19.4. The average molecular weight is 280 g/mol. The molecule has 19 heavy (non-hydrogen) atoms. The number of carbonyl (C=O) groups excluding carboxylic acids is 1. The lowest BCUT2D eigenvalue weighted by atomic mass is 10.0. The van der Waals surface area contributed by atoms with Gasteiger partial charge in [0.1, 0.15) is 0 Å². The number of nitrogens with one attached hydrogen (secondary N) is 1. The largest absolute Gasteiger partial charge is 0.336 e. The molecule has 2 heterocycles. The van der Waals surface area contributed by atoms with Crippen LogP contribution in [0, 0.1) is 6.92 Å². The second-order valence-electron chi connectivity index (χ2n) is 5.33. The molecule has 1 N–H and O–H groups in total. The van der Waals surface area contributed by atoms with Crippen molar-refractivity contribution in [1.29, 1.82) is 0 Å². The zero-order chi connectivity index (χ0) is 13.7. The first-order chi connectivity index (χ1) is 9.22. The predicted molar refractivity (Wildman–Crippen MR) is 80.9 cm³/mol. The van der Waals surface area contributed by atoms with E-state index >= 15 is 0 Å². The molecule has 1 saturated heterocycles. The molecule has 1 atom stereocenters. The molecular formula is C15H24N2OS. The molecule has 4 heteroatoms. The second kappa shape index (κ2) is 7.06. The number of hydrogen-bond donors (Lipinski definition) is 1. The van der Waals surface area contributed by atoms with Crippen LogP contribution in [0.4, 0.5) is 0 Å². The highest BCUT2D eigenvalue weighted by Crippen LogP contribution is 2.19. The van der Waals surface area contributed by atoms with E-state index in [-0.39, 0.29) is 5.91 Å². The highest BCUT2D eigenvalue weighted by molar-refractivity contribution is 7.12. The van der Waals surface area contributed by atoms with E-state index in [9.17, 15) is 4.79 Å². The Morgan fingerprint density at radius 2 is 2.37 bits per heavy atom. The SMILES string of the molecule is CCCN(CC1CCCCN1)C(=O)c1sccc1C. The van der Waals surface area contributed by atoms with Crippen LogP contribution in [0.1, 0.15) is 47.8 Å². The maximum absolute atomic E-state index is 12.6. The van der Waals surface area contributed by atoms with Gasteiger partial charge >= 0.3 is 0 Å². The first-order valence-corrected chi connectivity index (χ1v) is 8.17. The second-order valence-corrected chi connectivity index (χ2v) is 6.25. The van der Waals surface area contributed by atoms with Gasteiger partial charge in [-0.3, -0.25) is 4.79 Å². The van der Waals surface area contributed by atoms with Crippen molar-refractivity contribution < 1.29 is 4.79 Å². The molecule has 0 radical (unpaired) electrons. The standard InChI is InChI=1S/C15H24N2OS/c1-3-9-17(11-13-6-4-5-8-16-13)15(18)14-12(2)7-10-19-14/h7,10,13,16H,3-6,8-9,11H2,1-2H3. The number of amides is 1. The fourth-order valence-electron chi connectivity index (χ4n) is 2.63. The van der Waals surface area contributed by atoms with E-state index in [0.717, 1.165) is 36.5 Å². The van der Waals surface area contributed by atoms with E-state index in [1.165, 1.54) is 19.3 Å². The summed E-state index contributed by atoms with van der Waals surface area (Å²) in [7, 11) is 0. The van der Waals surface area contributed by atoms with Gasteiger partial charge in [-0.15, -0.1) is 11.3 Å². The number of rotatable bonds is 5. The summed E-state index contributed by atoms with van der Waals surface area (Å²) >= 11 is 1.56. The van der Waals surface area contributed by atoms with E-state index in [1.54, 1.807) is 11.3 Å². The Morgan fingerprint density at radius 1 is 1.53 bits per heavy atom. The molecule has 0 aromatic carbocycles. The molecule has 3 nitrogen and oxygen atoms in total. The summed E-state index contributed by atoms with van der Waals surface area (Å²) in [4.78, 5) is 15.5. The molecule has 1 amide bonds. The molecule has 1 aliphatic heterocycles. The van der Waals surface area contributed by atoms with Gasteiger partial charge in [0.05, 0.1) is 4.88 Å². The van der Waals surface area contributed by atoms with Crippen molar-refractivity contribution in [3.05, 3.63) is 21.9 Å². The minimum atomic E-state index is 0.210. The Labute approximate surface area is 120 Å². The smallest absolute Gasteiger partial charge is 0.264 e. The molecule has 2 rings (SSSR count). The minimum absolute atomic E-state index is 0.210. The van der Waals surface area contributed by atoms with E-state index in [1.807, 2.05) is 23.3 Å². The van der Waals surface area contributed by atoms with Crippen molar-refractivity contribution in [1.82, 2.24) is 10.2 Å². The highest BCUT2D eigenvalue weighted by atomic mass is 32.1. The Balaban J connectivity index is 2.02. The zero-order valence-electron chi connectivity index (χ0n) is 11.9. The predicted octanol–water partition coefficient (Wildman–Crippen LogP) is 3.05. The van der Waals surface area contributed by atoms with Crippen LogP contribution in [0.15, 0.2) is 11.4 Å². The molecule has 1 aliphatic rings. The molecule has 0 bridgehead atoms. The van der Waals surface area contributed by atoms with Crippen LogP contribution in [0.3, 0.4) is 0 Å². The van der Waals surface area contributed by atoms with Crippen LogP contribution in [-0.2, 0) is 0 Å². The topological polar surface area (TPSA) is 32.3 Å². The van der Waals surface area contributed by atoms with Crippen LogP contribution in [0.5, 0.6) is 0 Å².